The molecule has 0 saturated heterocycles. The average Bonchev–Trinajstić information content (AvgIpc) is 3.14. The highest BCUT2D eigenvalue weighted by Crippen LogP contribution is 2.31. The van der Waals surface area contributed by atoms with Gasteiger partial charge in [0.15, 0.2) is 11.0 Å². The lowest BCUT2D eigenvalue weighted by Gasteiger charge is -2.18. The quantitative estimate of drug-likeness (QED) is 0.340. The molecule has 1 heterocycles. The van der Waals surface area contributed by atoms with E-state index in [0.29, 0.717) is 22.1 Å². The lowest BCUT2D eigenvalue weighted by Crippen LogP contribution is -2.14. The van der Waals surface area contributed by atoms with Crippen LogP contribution in [0.3, 0.4) is 0 Å². The zero-order valence-electron chi connectivity index (χ0n) is 15.7. The standard InChI is InChI=1S/C19H18N4O5S/c1-19(2,26)14-5-3-11(4-6-14)12-7-13(9-15(8-12)23(27)28)17-20-18(22-21-17)29-10-16(24)25/h3-9,26H,10H2,1-2H3,(H2-,20,21,22,24,25,27,28)/p+1. The second-order valence-corrected chi connectivity index (χ2v) is 7.80. The van der Waals surface area contributed by atoms with E-state index in [2.05, 4.69) is 15.2 Å². The van der Waals surface area contributed by atoms with Crippen molar-refractivity contribution in [1.29, 1.82) is 0 Å². The number of thioether (sulfide) groups is 1. The van der Waals surface area contributed by atoms with Crippen LogP contribution in [0.2, 0.25) is 0 Å². The predicted molar refractivity (Wildman–Crippen MR) is 106 cm³/mol. The molecule has 0 aliphatic carbocycles. The molecule has 9 nitrogen and oxygen atoms in total. The average molecular weight is 415 g/mol. The van der Waals surface area contributed by atoms with Gasteiger partial charge in [-0.1, -0.05) is 36.0 Å². The summed E-state index contributed by atoms with van der Waals surface area (Å²) in [4.78, 5) is 24.9. The zero-order valence-corrected chi connectivity index (χ0v) is 16.5. The smallest absolute Gasteiger partial charge is 0.317 e. The van der Waals surface area contributed by atoms with Crippen LogP contribution in [-0.4, -0.2) is 47.2 Å². The first-order valence-electron chi connectivity index (χ1n) is 8.55. The molecule has 0 spiro atoms. The highest BCUT2D eigenvalue weighted by Gasteiger charge is 2.19. The van der Waals surface area contributed by atoms with Crippen molar-refractivity contribution in [2.45, 2.75) is 24.6 Å². The van der Waals surface area contributed by atoms with Crippen molar-refractivity contribution in [3.05, 3.63) is 52.9 Å². The van der Waals surface area contributed by atoms with E-state index in [0.717, 1.165) is 22.9 Å². The Hall–Kier alpha value is -3.24. The van der Waals surface area contributed by atoms with Gasteiger partial charge in [0.1, 0.15) is 0 Å². The molecule has 10 heteroatoms. The fourth-order valence-corrected chi connectivity index (χ4v) is 3.19. The fraction of sp³-hybridized carbons (Fsp3) is 0.211. The molecule has 2 aromatic carbocycles. The summed E-state index contributed by atoms with van der Waals surface area (Å²) in [6.07, 6.45) is 0. The molecule has 0 fully saturated rings. The molecule has 0 bridgehead atoms. The van der Waals surface area contributed by atoms with Crippen LogP contribution < -0.4 is 0 Å². The Balaban J connectivity index is 1.99. The van der Waals surface area contributed by atoms with Crippen molar-refractivity contribution in [3.8, 4) is 22.5 Å². The molecule has 3 rings (SSSR count). The number of carboxylic acid groups (broad SMARTS) is 1. The van der Waals surface area contributed by atoms with Crippen molar-refractivity contribution < 1.29 is 25.1 Å². The van der Waals surface area contributed by atoms with E-state index in [1.165, 1.54) is 12.1 Å². The van der Waals surface area contributed by atoms with Gasteiger partial charge in [-0.15, -0.1) is 10.2 Å². The number of nitrogens with one attached hydrogen (secondary N) is 1. The van der Waals surface area contributed by atoms with Crippen molar-refractivity contribution >= 4 is 23.4 Å². The molecular formula is C19H19N4O5S+. The number of aromatic amines is 1. The number of nitrogens with zero attached hydrogens (tertiary/aromatic N) is 3. The maximum absolute atomic E-state index is 11.5. The molecule has 0 saturated carbocycles. The van der Waals surface area contributed by atoms with Gasteiger partial charge in [0.25, 0.3) is 4.92 Å². The van der Waals surface area contributed by atoms with Crippen LogP contribution in [-0.2, 0) is 10.4 Å². The summed E-state index contributed by atoms with van der Waals surface area (Å²) < 4.78 is 0. The van der Waals surface area contributed by atoms with Crippen LogP contribution in [0.4, 0.5) is 5.69 Å². The second-order valence-electron chi connectivity index (χ2n) is 6.84. The maximum Gasteiger partial charge on any atom is 0.317 e. The molecule has 3 aromatic rings. The summed E-state index contributed by atoms with van der Waals surface area (Å²) in [6.45, 7) is 3.37. The SMILES string of the molecule is CC(C)(O)c1ccc(-c2cc(-c3nnc(SCC(=O)O)[nH]3)cc([N+](=O)O)c2)cc1. The van der Waals surface area contributed by atoms with Crippen LogP contribution >= 0.6 is 11.8 Å². The highest BCUT2D eigenvalue weighted by molar-refractivity contribution is 7.99. The summed E-state index contributed by atoms with van der Waals surface area (Å²) in [5, 5.41) is 36.5. The van der Waals surface area contributed by atoms with Crippen LogP contribution in [0.1, 0.15) is 19.4 Å². The predicted octanol–water partition coefficient (Wildman–Crippen LogP) is 3.34. The number of rotatable bonds is 7. The van der Waals surface area contributed by atoms with Gasteiger partial charge in [-0.05, 0) is 36.6 Å². The Kier molecular flexibility index (Phi) is 5.66. The summed E-state index contributed by atoms with van der Waals surface area (Å²) in [6, 6.07) is 11.9. The highest BCUT2D eigenvalue weighted by atomic mass is 32.2. The first kappa shape index (κ1) is 20.5. The van der Waals surface area contributed by atoms with Crippen molar-refractivity contribution in [2.75, 3.05) is 5.75 Å². The van der Waals surface area contributed by atoms with E-state index >= 15 is 0 Å². The summed E-state index contributed by atoms with van der Waals surface area (Å²) in [5.41, 5.74) is 1.66. The lowest BCUT2D eigenvalue weighted by atomic mass is 9.95. The number of aliphatic hydroxyl groups is 1. The molecule has 0 unspecified atom stereocenters. The number of H-pyrrole nitrogens is 1. The molecule has 150 valence electrons. The summed E-state index contributed by atoms with van der Waals surface area (Å²) in [5.74, 6) is -0.816. The van der Waals surface area contributed by atoms with Crippen LogP contribution in [0.25, 0.3) is 22.5 Å². The van der Waals surface area contributed by atoms with Crippen LogP contribution in [0.5, 0.6) is 0 Å². The Bertz CT molecular complexity index is 1060. The minimum absolute atomic E-state index is 0.000189. The van der Waals surface area contributed by atoms with Gasteiger partial charge in [0.2, 0.25) is 0 Å². The summed E-state index contributed by atoms with van der Waals surface area (Å²) in [7, 11) is 0. The van der Waals surface area contributed by atoms with E-state index in [-0.39, 0.29) is 16.4 Å². The topological polar surface area (TPSA) is 139 Å². The van der Waals surface area contributed by atoms with Gasteiger partial charge in [0, 0.05) is 17.7 Å². The van der Waals surface area contributed by atoms with Gasteiger partial charge >= 0.3 is 11.7 Å². The molecule has 0 aliphatic rings. The molecule has 29 heavy (non-hydrogen) atoms. The van der Waals surface area contributed by atoms with Crippen LogP contribution in [0.15, 0.2) is 47.6 Å². The number of hydrogen-bond donors (Lipinski definition) is 4. The number of aliphatic carboxylic acids is 1. The minimum atomic E-state index is -0.980. The molecule has 0 radical (unpaired) electrons. The minimum Gasteiger partial charge on any atom is -0.481 e. The number of benzene rings is 2. The lowest BCUT2D eigenvalue weighted by molar-refractivity contribution is -0.729. The van der Waals surface area contributed by atoms with Gasteiger partial charge < -0.3 is 15.2 Å². The third-order valence-corrected chi connectivity index (χ3v) is 4.98. The van der Waals surface area contributed by atoms with E-state index < -0.39 is 11.6 Å². The van der Waals surface area contributed by atoms with Gasteiger partial charge in [-0.3, -0.25) is 4.79 Å². The normalized spacial score (nSPS) is 11.4. The Morgan fingerprint density at radius 1 is 1.10 bits per heavy atom. The second kappa shape index (κ2) is 8.02. The molecule has 0 aliphatic heterocycles. The van der Waals surface area contributed by atoms with E-state index in [1.807, 2.05) is 0 Å². The van der Waals surface area contributed by atoms with Crippen molar-refractivity contribution in [3.63, 3.8) is 0 Å². The monoisotopic (exact) mass is 415 g/mol. The number of hydrogen-bond acceptors (Lipinski definition) is 6. The molecule has 1 aromatic heterocycles. The molecule has 4 N–H and O–H groups in total. The third-order valence-electron chi connectivity index (χ3n) is 4.14. The first-order chi connectivity index (χ1) is 13.6. The molecular weight excluding hydrogens is 396 g/mol. The molecule has 0 atom stereocenters. The Morgan fingerprint density at radius 3 is 2.34 bits per heavy atom. The zero-order chi connectivity index (χ0) is 21.2. The van der Waals surface area contributed by atoms with Crippen molar-refractivity contribution in [2.24, 2.45) is 0 Å². The Morgan fingerprint density at radius 2 is 1.76 bits per heavy atom. The van der Waals surface area contributed by atoms with E-state index in [4.69, 9.17) is 5.11 Å². The van der Waals surface area contributed by atoms with Gasteiger partial charge in [-0.25, -0.2) is 5.21 Å². The van der Waals surface area contributed by atoms with E-state index in [1.54, 1.807) is 44.2 Å². The largest absolute Gasteiger partial charge is 0.481 e. The third kappa shape index (κ3) is 4.98. The number of carboxylic acids is 1. The fourth-order valence-electron chi connectivity index (χ4n) is 2.67. The maximum atomic E-state index is 11.5. The first-order valence-corrected chi connectivity index (χ1v) is 9.54. The van der Waals surface area contributed by atoms with E-state index in [9.17, 15) is 20.0 Å². The van der Waals surface area contributed by atoms with Crippen molar-refractivity contribution in [1.82, 2.24) is 15.2 Å². The summed E-state index contributed by atoms with van der Waals surface area (Å²) >= 11 is 0.985. The Labute approximate surface area is 170 Å². The van der Waals surface area contributed by atoms with Gasteiger partial charge in [-0.2, -0.15) is 0 Å². The number of carbonyl (C=O) groups is 1. The van der Waals surface area contributed by atoms with Gasteiger partial charge in [0.05, 0.1) is 16.3 Å². The number of aromatic nitrogens is 3. The molecule has 0 amide bonds. The van der Waals surface area contributed by atoms with Crippen LogP contribution in [0, 0.1) is 4.91 Å².